The van der Waals surface area contributed by atoms with Gasteiger partial charge in [0.2, 0.25) is 0 Å². The van der Waals surface area contributed by atoms with Crippen LogP contribution in [0.15, 0.2) is 36.4 Å². The maximum absolute atomic E-state index is 13.4. The maximum Gasteiger partial charge on any atom is 0.189 e. The fourth-order valence-electron chi connectivity index (χ4n) is 5.00. The third kappa shape index (κ3) is 7.08. The van der Waals surface area contributed by atoms with Gasteiger partial charge in [-0.1, -0.05) is 98.1 Å². The number of rotatable bonds is 13. The number of carbonyl (C=O) groups excluding carboxylic acids is 1. The fraction of sp³-hybridized carbons (Fsp3) is 0.531. The normalized spacial score (nSPS) is 14.3. The van der Waals surface area contributed by atoms with Gasteiger partial charge in [-0.2, -0.15) is 0 Å². The second kappa shape index (κ2) is 13.5. The van der Waals surface area contributed by atoms with Crippen LogP contribution in [-0.2, 0) is 6.42 Å². The molecule has 0 amide bonds. The van der Waals surface area contributed by atoms with E-state index in [-0.39, 0.29) is 17.5 Å². The Hall–Kier alpha value is -2.35. The van der Waals surface area contributed by atoms with Crippen molar-refractivity contribution < 1.29 is 9.90 Å². The van der Waals surface area contributed by atoms with Crippen molar-refractivity contribution in [3.05, 3.63) is 69.8 Å². The van der Waals surface area contributed by atoms with Crippen molar-refractivity contribution in [3.63, 3.8) is 0 Å². The van der Waals surface area contributed by atoms with E-state index in [4.69, 9.17) is 0 Å². The van der Waals surface area contributed by atoms with E-state index < -0.39 is 0 Å². The van der Waals surface area contributed by atoms with Gasteiger partial charge in [0.1, 0.15) is 5.75 Å². The summed E-state index contributed by atoms with van der Waals surface area (Å²) >= 11 is 0. The Balaban J connectivity index is 2.51. The average molecular weight is 463 g/mol. The molecule has 1 N–H and O–H groups in total. The minimum absolute atomic E-state index is 0.121. The average Bonchev–Trinajstić information content (AvgIpc) is 2.82. The number of aryl methyl sites for hydroxylation is 1. The third-order valence-electron chi connectivity index (χ3n) is 7.20. The standard InChI is InChI=1S/C32H46O2/c1-8-12-22(5)27-20-29(24(7)14-10-3)32(34)30(21-27)31(33)18-16-26-19-25(11-4)15-17-28(26)23(6)13-9-2/h15-24,34H,8-14H2,1-7H3/b18-16+. The van der Waals surface area contributed by atoms with Gasteiger partial charge >= 0.3 is 0 Å². The molecule has 186 valence electrons. The summed E-state index contributed by atoms with van der Waals surface area (Å²) in [5.74, 6) is 1.06. The van der Waals surface area contributed by atoms with Gasteiger partial charge in [0, 0.05) is 0 Å². The van der Waals surface area contributed by atoms with E-state index in [1.807, 2.05) is 12.1 Å². The topological polar surface area (TPSA) is 37.3 Å². The molecule has 0 aromatic heterocycles. The lowest BCUT2D eigenvalue weighted by molar-refractivity contribution is 0.104. The Kier molecular flexibility index (Phi) is 11.1. The van der Waals surface area contributed by atoms with Crippen molar-refractivity contribution in [3.8, 4) is 5.75 Å². The number of hydrogen-bond donors (Lipinski definition) is 1. The summed E-state index contributed by atoms with van der Waals surface area (Å²) < 4.78 is 0. The van der Waals surface area contributed by atoms with E-state index in [2.05, 4.69) is 72.7 Å². The zero-order valence-corrected chi connectivity index (χ0v) is 22.6. The van der Waals surface area contributed by atoms with Crippen molar-refractivity contribution in [2.45, 2.75) is 111 Å². The zero-order valence-electron chi connectivity index (χ0n) is 22.6. The molecular weight excluding hydrogens is 416 g/mol. The molecule has 0 aliphatic carbocycles. The van der Waals surface area contributed by atoms with Crippen LogP contribution in [-0.4, -0.2) is 10.9 Å². The first-order chi connectivity index (χ1) is 16.3. The number of hydrogen-bond acceptors (Lipinski definition) is 2. The number of ketones is 1. The molecule has 0 aliphatic heterocycles. The van der Waals surface area contributed by atoms with Crippen molar-refractivity contribution in [1.29, 1.82) is 0 Å². The molecule has 0 heterocycles. The molecule has 3 atom stereocenters. The Morgan fingerprint density at radius 3 is 2.00 bits per heavy atom. The second-order valence-electron chi connectivity index (χ2n) is 10.1. The van der Waals surface area contributed by atoms with Crippen LogP contribution in [0, 0.1) is 0 Å². The molecule has 0 spiro atoms. The predicted molar refractivity (Wildman–Crippen MR) is 147 cm³/mol. The lowest BCUT2D eigenvalue weighted by atomic mass is 9.86. The minimum Gasteiger partial charge on any atom is -0.507 e. The monoisotopic (exact) mass is 462 g/mol. The fourth-order valence-corrected chi connectivity index (χ4v) is 5.00. The third-order valence-corrected chi connectivity index (χ3v) is 7.20. The summed E-state index contributed by atoms with van der Waals surface area (Å²) in [5, 5.41) is 11.1. The Morgan fingerprint density at radius 2 is 1.41 bits per heavy atom. The Bertz CT molecular complexity index is 969. The largest absolute Gasteiger partial charge is 0.507 e. The highest BCUT2D eigenvalue weighted by atomic mass is 16.3. The van der Waals surface area contributed by atoms with E-state index in [1.165, 1.54) is 11.1 Å². The maximum atomic E-state index is 13.4. The molecule has 0 saturated heterocycles. The van der Waals surface area contributed by atoms with Gasteiger partial charge in [-0.15, -0.1) is 0 Å². The van der Waals surface area contributed by atoms with Crippen LogP contribution < -0.4 is 0 Å². The van der Waals surface area contributed by atoms with Gasteiger partial charge in [0.25, 0.3) is 0 Å². The Labute approximate surface area is 208 Å². The first kappa shape index (κ1) is 27.9. The van der Waals surface area contributed by atoms with E-state index in [0.29, 0.717) is 17.4 Å². The van der Waals surface area contributed by atoms with Crippen LogP contribution in [0.5, 0.6) is 5.75 Å². The number of carbonyl (C=O) groups is 1. The molecular formula is C32H46O2. The summed E-state index contributed by atoms with van der Waals surface area (Å²) in [4.78, 5) is 13.4. The predicted octanol–water partition coefficient (Wildman–Crippen LogP) is 9.56. The SMILES string of the molecule is CCCC(C)c1cc(C(=O)/C=C/c2cc(CC)ccc2C(C)CCC)c(O)c(C(C)CCC)c1. The minimum atomic E-state index is -0.121. The van der Waals surface area contributed by atoms with Gasteiger partial charge < -0.3 is 5.11 Å². The van der Waals surface area contributed by atoms with Crippen molar-refractivity contribution >= 4 is 11.9 Å². The molecule has 0 bridgehead atoms. The highest BCUT2D eigenvalue weighted by Crippen LogP contribution is 2.36. The molecule has 34 heavy (non-hydrogen) atoms. The Morgan fingerprint density at radius 1 is 0.824 bits per heavy atom. The number of benzene rings is 2. The first-order valence-electron chi connectivity index (χ1n) is 13.5. The van der Waals surface area contributed by atoms with Gasteiger partial charge in [-0.3, -0.25) is 4.79 Å². The smallest absolute Gasteiger partial charge is 0.189 e. The van der Waals surface area contributed by atoms with Crippen molar-refractivity contribution in [1.82, 2.24) is 0 Å². The summed E-state index contributed by atoms with van der Waals surface area (Å²) in [7, 11) is 0. The van der Waals surface area contributed by atoms with Gasteiger partial charge in [0.15, 0.2) is 5.78 Å². The summed E-state index contributed by atoms with van der Waals surface area (Å²) in [6, 6.07) is 10.7. The molecule has 0 radical (unpaired) electrons. The molecule has 2 nitrogen and oxygen atoms in total. The molecule has 2 heteroatoms. The van der Waals surface area contributed by atoms with E-state index in [9.17, 15) is 9.90 Å². The summed E-state index contributed by atoms with van der Waals surface area (Å²) in [5.41, 5.74) is 6.17. The molecule has 0 aliphatic rings. The van der Waals surface area contributed by atoms with Crippen LogP contribution in [0.1, 0.15) is 143 Å². The molecule has 2 aromatic rings. The van der Waals surface area contributed by atoms with Gasteiger partial charge in [-0.25, -0.2) is 0 Å². The van der Waals surface area contributed by atoms with Crippen LogP contribution in [0.25, 0.3) is 6.08 Å². The quantitative estimate of drug-likeness (QED) is 0.238. The van der Waals surface area contributed by atoms with Crippen molar-refractivity contribution in [2.75, 3.05) is 0 Å². The lowest BCUT2D eigenvalue weighted by Crippen LogP contribution is -2.05. The summed E-state index contributed by atoms with van der Waals surface area (Å²) in [6.45, 7) is 15.3. The number of phenolic OH excluding ortho intramolecular Hbond substituents is 1. The van der Waals surface area contributed by atoms with Crippen molar-refractivity contribution in [2.24, 2.45) is 0 Å². The molecule has 3 unspecified atom stereocenters. The molecule has 0 fully saturated rings. The van der Waals surface area contributed by atoms with Crippen LogP contribution in [0.2, 0.25) is 0 Å². The van der Waals surface area contributed by atoms with E-state index in [1.54, 1.807) is 6.08 Å². The molecule has 2 rings (SSSR count). The lowest BCUT2D eigenvalue weighted by Gasteiger charge is -2.19. The molecule has 0 saturated carbocycles. The highest BCUT2D eigenvalue weighted by molar-refractivity contribution is 6.09. The van der Waals surface area contributed by atoms with Crippen LogP contribution >= 0.6 is 0 Å². The summed E-state index contributed by atoms with van der Waals surface area (Å²) in [6.07, 6.45) is 11.0. The number of aromatic hydroxyl groups is 1. The van der Waals surface area contributed by atoms with Crippen LogP contribution in [0.3, 0.4) is 0 Å². The van der Waals surface area contributed by atoms with E-state index >= 15 is 0 Å². The number of allylic oxidation sites excluding steroid dienone is 1. The molecule has 2 aromatic carbocycles. The van der Waals surface area contributed by atoms with Crippen LogP contribution in [0.4, 0.5) is 0 Å². The van der Waals surface area contributed by atoms with Gasteiger partial charge in [0.05, 0.1) is 5.56 Å². The van der Waals surface area contributed by atoms with E-state index in [0.717, 1.165) is 61.6 Å². The zero-order chi connectivity index (χ0) is 25.3. The first-order valence-corrected chi connectivity index (χ1v) is 13.5. The van der Waals surface area contributed by atoms with Gasteiger partial charge in [-0.05, 0) is 83.4 Å². The number of phenols is 1. The highest BCUT2D eigenvalue weighted by Gasteiger charge is 2.20. The second-order valence-corrected chi connectivity index (χ2v) is 10.1.